The summed E-state index contributed by atoms with van der Waals surface area (Å²) in [5, 5.41) is 27.3. The van der Waals surface area contributed by atoms with Crippen LogP contribution >= 0.6 is 0 Å². The number of aliphatic hydroxyl groups excluding tert-OH is 2. The highest BCUT2D eigenvalue weighted by Gasteiger charge is 2.19. The normalized spacial score (nSPS) is 13.9. The summed E-state index contributed by atoms with van der Waals surface area (Å²) < 4.78 is 0. The van der Waals surface area contributed by atoms with E-state index in [1.54, 1.807) is 31.2 Å². The van der Waals surface area contributed by atoms with Gasteiger partial charge in [0.1, 0.15) is 6.10 Å². The lowest BCUT2D eigenvalue weighted by Gasteiger charge is -2.15. The van der Waals surface area contributed by atoms with Gasteiger partial charge in [-0.1, -0.05) is 12.1 Å². The number of benzene rings is 1. The summed E-state index contributed by atoms with van der Waals surface area (Å²) in [6.45, 7) is 3.17. The zero-order valence-corrected chi connectivity index (χ0v) is 9.14. The molecule has 1 aromatic carbocycles. The van der Waals surface area contributed by atoms with Gasteiger partial charge in [-0.15, -0.1) is 0 Å². The number of aryl methyl sites for hydroxylation is 1. The fourth-order valence-corrected chi connectivity index (χ4v) is 1.47. The van der Waals surface area contributed by atoms with E-state index in [0.717, 1.165) is 0 Å². The van der Waals surface area contributed by atoms with Gasteiger partial charge in [0.25, 0.3) is 0 Å². The minimum atomic E-state index is -1.46. The predicted molar refractivity (Wildman–Crippen MR) is 57.8 cm³/mol. The summed E-state index contributed by atoms with van der Waals surface area (Å²) in [4.78, 5) is 11.1. The van der Waals surface area contributed by atoms with E-state index < -0.39 is 12.2 Å². The van der Waals surface area contributed by atoms with Crippen molar-refractivity contribution in [3.8, 4) is 6.07 Å². The summed E-state index contributed by atoms with van der Waals surface area (Å²) >= 11 is 0. The third kappa shape index (κ3) is 2.45. The first-order valence-corrected chi connectivity index (χ1v) is 4.84. The quantitative estimate of drug-likeness (QED) is 0.589. The van der Waals surface area contributed by atoms with Crippen LogP contribution in [0.4, 0.5) is 0 Å². The molecule has 0 amide bonds. The molecule has 4 nitrogen and oxygen atoms in total. The van der Waals surface area contributed by atoms with E-state index in [1.807, 2.05) is 0 Å². The van der Waals surface area contributed by atoms with Crippen LogP contribution in [0.2, 0.25) is 0 Å². The van der Waals surface area contributed by atoms with Gasteiger partial charge >= 0.3 is 0 Å². The maximum absolute atomic E-state index is 11.1. The van der Waals surface area contributed by atoms with Crippen LogP contribution in [-0.2, 0) is 0 Å². The van der Waals surface area contributed by atoms with Gasteiger partial charge in [-0.25, -0.2) is 0 Å². The molecule has 0 saturated heterocycles. The first-order valence-electron chi connectivity index (χ1n) is 4.84. The van der Waals surface area contributed by atoms with Crippen LogP contribution in [0.1, 0.15) is 34.5 Å². The smallest absolute Gasteiger partial charge is 0.170 e. The Morgan fingerprint density at radius 2 is 2.06 bits per heavy atom. The monoisotopic (exact) mass is 219 g/mol. The highest BCUT2D eigenvalue weighted by atomic mass is 16.3. The second-order valence-electron chi connectivity index (χ2n) is 3.65. The van der Waals surface area contributed by atoms with E-state index in [1.165, 1.54) is 6.92 Å². The summed E-state index contributed by atoms with van der Waals surface area (Å²) in [7, 11) is 0. The second-order valence-corrected chi connectivity index (χ2v) is 3.65. The van der Waals surface area contributed by atoms with E-state index in [2.05, 4.69) is 0 Å². The molecule has 0 spiro atoms. The molecule has 0 aliphatic heterocycles. The van der Waals surface area contributed by atoms with Crippen molar-refractivity contribution in [1.29, 1.82) is 5.26 Å². The first kappa shape index (κ1) is 12.4. The van der Waals surface area contributed by atoms with Crippen molar-refractivity contribution in [2.45, 2.75) is 26.1 Å². The van der Waals surface area contributed by atoms with Gasteiger partial charge in [0.2, 0.25) is 0 Å². The predicted octanol–water partition coefficient (Wildman–Crippen LogP) is 1.12. The van der Waals surface area contributed by atoms with Crippen LogP contribution in [-0.4, -0.2) is 22.1 Å². The van der Waals surface area contributed by atoms with Crippen molar-refractivity contribution in [1.82, 2.24) is 0 Å². The molecular weight excluding hydrogens is 206 g/mol. The third-order valence-corrected chi connectivity index (χ3v) is 2.43. The topological polar surface area (TPSA) is 81.3 Å². The van der Waals surface area contributed by atoms with E-state index in [9.17, 15) is 15.0 Å². The maximum atomic E-state index is 11.1. The number of carbonyl (C=O) groups excluding carboxylic acids is 1. The highest BCUT2D eigenvalue weighted by molar-refractivity contribution is 5.94. The molecule has 2 unspecified atom stereocenters. The second kappa shape index (κ2) is 4.88. The van der Waals surface area contributed by atoms with Crippen LogP contribution in [0.25, 0.3) is 0 Å². The molecule has 4 heteroatoms. The fraction of sp³-hybridized carbons (Fsp3) is 0.333. The van der Waals surface area contributed by atoms with Gasteiger partial charge in [-0.05, 0) is 31.0 Å². The Labute approximate surface area is 93.8 Å². The van der Waals surface area contributed by atoms with E-state index in [-0.39, 0.29) is 5.78 Å². The average molecular weight is 219 g/mol. The van der Waals surface area contributed by atoms with Crippen molar-refractivity contribution >= 4 is 5.78 Å². The Bertz CT molecular complexity index is 448. The molecule has 0 aromatic heterocycles. The number of carbonyl (C=O) groups is 1. The van der Waals surface area contributed by atoms with Gasteiger partial charge in [-0.3, -0.25) is 4.79 Å². The lowest BCUT2D eigenvalue weighted by Crippen LogP contribution is -2.17. The molecule has 0 heterocycles. The van der Waals surface area contributed by atoms with Gasteiger partial charge < -0.3 is 10.2 Å². The SMILES string of the molecule is CC(=O)c1ccc(C(O)C(O)C#N)c(C)c1. The van der Waals surface area contributed by atoms with E-state index in [0.29, 0.717) is 16.7 Å². The summed E-state index contributed by atoms with van der Waals surface area (Å²) in [6, 6.07) is 6.32. The summed E-state index contributed by atoms with van der Waals surface area (Å²) in [5.74, 6) is -0.0648. The van der Waals surface area contributed by atoms with Gasteiger partial charge in [-0.2, -0.15) is 5.26 Å². The fourth-order valence-electron chi connectivity index (χ4n) is 1.47. The van der Waals surface area contributed by atoms with Crippen LogP contribution in [0.3, 0.4) is 0 Å². The molecule has 0 fully saturated rings. The van der Waals surface area contributed by atoms with E-state index in [4.69, 9.17) is 5.26 Å². The minimum Gasteiger partial charge on any atom is -0.385 e. The summed E-state index contributed by atoms with van der Waals surface area (Å²) in [5.41, 5.74) is 1.67. The molecule has 0 bridgehead atoms. The Morgan fingerprint density at radius 3 is 2.50 bits per heavy atom. The average Bonchev–Trinajstić information content (AvgIpc) is 2.26. The molecule has 1 rings (SSSR count). The molecular formula is C12H13NO3. The number of hydrogen-bond donors (Lipinski definition) is 2. The molecule has 0 radical (unpaired) electrons. The van der Waals surface area contributed by atoms with Crippen molar-refractivity contribution in [2.24, 2.45) is 0 Å². The van der Waals surface area contributed by atoms with Crippen LogP contribution in [0.15, 0.2) is 18.2 Å². The number of nitriles is 1. The van der Waals surface area contributed by atoms with Crippen molar-refractivity contribution in [2.75, 3.05) is 0 Å². The molecule has 84 valence electrons. The highest BCUT2D eigenvalue weighted by Crippen LogP contribution is 2.21. The van der Waals surface area contributed by atoms with Gasteiger partial charge in [0, 0.05) is 5.56 Å². The third-order valence-electron chi connectivity index (χ3n) is 2.43. The van der Waals surface area contributed by atoms with E-state index >= 15 is 0 Å². The number of Topliss-reactive ketones (excluding diaryl/α,β-unsaturated/α-hetero) is 1. The van der Waals surface area contributed by atoms with Crippen molar-refractivity contribution in [3.05, 3.63) is 34.9 Å². The number of nitrogens with zero attached hydrogens (tertiary/aromatic N) is 1. The lowest BCUT2D eigenvalue weighted by molar-refractivity contribution is 0.0523. The standard InChI is InChI=1S/C12H13NO3/c1-7-5-9(8(2)14)3-4-10(7)12(16)11(15)6-13/h3-5,11-12,15-16H,1-2H3. The van der Waals surface area contributed by atoms with Crippen molar-refractivity contribution in [3.63, 3.8) is 0 Å². The lowest BCUT2D eigenvalue weighted by atomic mass is 9.97. The number of rotatable bonds is 3. The Kier molecular flexibility index (Phi) is 3.78. The largest absolute Gasteiger partial charge is 0.385 e. The van der Waals surface area contributed by atoms with Crippen molar-refractivity contribution < 1.29 is 15.0 Å². The van der Waals surface area contributed by atoms with Gasteiger partial charge in [0.15, 0.2) is 11.9 Å². The van der Waals surface area contributed by atoms with Crippen LogP contribution in [0, 0.1) is 18.3 Å². The van der Waals surface area contributed by atoms with Gasteiger partial charge in [0.05, 0.1) is 6.07 Å². The molecule has 2 N–H and O–H groups in total. The number of hydrogen-bond acceptors (Lipinski definition) is 4. The molecule has 0 saturated carbocycles. The molecule has 0 aliphatic rings. The molecule has 0 aliphatic carbocycles. The molecule has 16 heavy (non-hydrogen) atoms. The Hall–Kier alpha value is -1.70. The zero-order chi connectivity index (χ0) is 12.3. The Morgan fingerprint density at radius 1 is 1.44 bits per heavy atom. The molecule has 1 aromatic rings. The zero-order valence-electron chi connectivity index (χ0n) is 9.14. The van der Waals surface area contributed by atoms with Crippen LogP contribution in [0.5, 0.6) is 0 Å². The summed E-state index contributed by atoms with van der Waals surface area (Å²) in [6.07, 6.45) is -2.70. The maximum Gasteiger partial charge on any atom is 0.170 e. The Balaban J connectivity index is 3.09. The number of aliphatic hydroxyl groups is 2. The first-order chi connectivity index (χ1) is 7.47. The van der Waals surface area contributed by atoms with Crippen LogP contribution < -0.4 is 0 Å². The number of ketones is 1. The minimum absolute atomic E-state index is 0.0648. The molecule has 2 atom stereocenters.